The first-order valence-electron chi connectivity index (χ1n) is 5.49. The highest BCUT2D eigenvalue weighted by Gasteiger charge is 2.08. The average Bonchev–Trinajstić information content (AvgIpc) is 2.74. The summed E-state index contributed by atoms with van der Waals surface area (Å²) in [6, 6.07) is 1.58. The molecule has 0 bridgehead atoms. The largest absolute Gasteiger partial charge is 0.358 e. The Morgan fingerprint density at radius 1 is 1.33 bits per heavy atom. The van der Waals surface area contributed by atoms with Crippen molar-refractivity contribution >= 4 is 17.4 Å². The highest BCUT2D eigenvalue weighted by atomic mass is 16.2. The second-order valence-electron chi connectivity index (χ2n) is 4.16. The molecule has 96 valence electrons. The summed E-state index contributed by atoms with van der Waals surface area (Å²) in [5.74, 6) is -0.432. The van der Waals surface area contributed by atoms with E-state index in [1.54, 1.807) is 18.5 Å². The molecule has 0 aliphatic heterocycles. The maximum absolute atomic E-state index is 11.7. The van der Waals surface area contributed by atoms with Gasteiger partial charge >= 0.3 is 0 Å². The van der Waals surface area contributed by atoms with Crippen molar-refractivity contribution in [1.82, 2.24) is 10.3 Å². The third kappa shape index (κ3) is 3.93. The number of amides is 1. The van der Waals surface area contributed by atoms with Gasteiger partial charge in [-0.15, -0.1) is 0 Å². The number of aromatic amines is 1. The molecule has 18 heavy (non-hydrogen) atoms. The third-order valence-electron chi connectivity index (χ3n) is 2.13. The van der Waals surface area contributed by atoms with E-state index in [4.69, 9.17) is 0 Å². The summed E-state index contributed by atoms with van der Waals surface area (Å²) in [4.78, 5) is 25.6. The van der Waals surface area contributed by atoms with Crippen LogP contribution in [-0.2, 0) is 4.79 Å². The number of carbonyl (C=O) groups excluding carboxylic acids is 2. The Morgan fingerprint density at radius 2 is 2.00 bits per heavy atom. The molecule has 5 heteroatoms. The molecule has 0 spiro atoms. The standard InChI is InChI=1S/C13H17N3O2/c1-8(2)6-14-9(3)13(18)16-11-5-12(10(4)17)15-7-11/h5-7,14-15H,3H2,1-2,4H3,(H,16,18). The van der Waals surface area contributed by atoms with Gasteiger partial charge in [0.05, 0.1) is 17.1 Å². The molecule has 0 radical (unpaired) electrons. The van der Waals surface area contributed by atoms with Gasteiger partial charge in [-0.2, -0.15) is 0 Å². The van der Waals surface area contributed by atoms with Crippen molar-refractivity contribution in [2.24, 2.45) is 0 Å². The number of rotatable bonds is 5. The molecule has 3 N–H and O–H groups in total. The average molecular weight is 247 g/mol. The second kappa shape index (κ2) is 5.86. The molecule has 0 aromatic carbocycles. The molecule has 1 aromatic heterocycles. The van der Waals surface area contributed by atoms with Crippen molar-refractivity contribution in [2.45, 2.75) is 20.8 Å². The van der Waals surface area contributed by atoms with Crippen molar-refractivity contribution in [3.63, 3.8) is 0 Å². The number of carbonyl (C=O) groups is 2. The van der Waals surface area contributed by atoms with E-state index < -0.39 is 0 Å². The topological polar surface area (TPSA) is 74.0 Å². The van der Waals surface area contributed by atoms with Crippen LogP contribution in [0.1, 0.15) is 31.3 Å². The van der Waals surface area contributed by atoms with Crippen LogP contribution < -0.4 is 10.6 Å². The summed E-state index contributed by atoms with van der Waals surface area (Å²) in [5.41, 5.74) is 2.25. The number of aromatic nitrogens is 1. The lowest BCUT2D eigenvalue weighted by Crippen LogP contribution is -2.21. The number of anilines is 1. The first kappa shape index (κ1) is 13.8. The quantitative estimate of drug-likeness (QED) is 0.551. The minimum atomic E-state index is -0.346. The molecule has 0 aliphatic carbocycles. The molecule has 0 saturated heterocycles. The smallest absolute Gasteiger partial charge is 0.271 e. The minimum absolute atomic E-state index is 0.0861. The Kier molecular flexibility index (Phi) is 4.48. The lowest BCUT2D eigenvalue weighted by Gasteiger charge is -2.05. The minimum Gasteiger partial charge on any atom is -0.358 e. The van der Waals surface area contributed by atoms with Crippen LogP contribution >= 0.6 is 0 Å². The maximum Gasteiger partial charge on any atom is 0.271 e. The number of hydrogen-bond donors (Lipinski definition) is 3. The zero-order valence-electron chi connectivity index (χ0n) is 10.8. The van der Waals surface area contributed by atoms with Gasteiger partial charge in [0.25, 0.3) is 5.91 Å². The van der Waals surface area contributed by atoms with Crippen LogP contribution in [0.25, 0.3) is 0 Å². The van der Waals surface area contributed by atoms with E-state index in [0.29, 0.717) is 11.4 Å². The van der Waals surface area contributed by atoms with Crippen LogP contribution in [0.2, 0.25) is 0 Å². The Balaban J connectivity index is 2.61. The number of H-pyrrole nitrogens is 1. The second-order valence-corrected chi connectivity index (χ2v) is 4.16. The van der Waals surface area contributed by atoms with Crippen LogP contribution in [0.5, 0.6) is 0 Å². The molecule has 0 atom stereocenters. The van der Waals surface area contributed by atoms with Gasteiger partial charge in [0.1, 0.15) is 0 Å². The summed E-state index contributed by atoms with van der Waals surface area (Å²) in [7, 11) is 0. The number of nitrogens with one attached hydrogen (secondary N) is 3. The van der Waals surface area contributed by atoms with Crippen molar-refractivity contribution in [3.05, 3.63) is 42.0 Å². The fraction of sp³-hybridized carbons (Fsp3) is 0.231. The van der Waals surface area contributed by atoms with E-state index in [2.05, 4.69) is 22.2 Å². The molecule has 1 heterocycles. The van der Waals surface area contributed by atoms with Crippen molar-refractivity contribution in [2.75, 3.05) is 5.32 Å². The fourth-order valence-electron chi connectivity index (χ4n) is 1.17. The highest BCUT2D eigenvalue weighted by molar-refractivity contribution is 6.03. The lowest BCUT2D eigenvalue weighted by molar-refractivity contribution is -0.113. The summed E-state index contributed by atoms with van der Waals surface area (Å²) < 4.78 is 0. The Hall–Kier alpha value is -2.30. The first-order chi connectivity index (χ1) is 8.40. The monoisotopic (exact) mass is 247 g/mol. The van der Waals surface area contributed by atoms with Crippen molar-refractivity contribution in [3.8, 4) is 0 Å². The van der Waals surface area contributed by atoms with Gasteiger partial charge in [-0.1, -0.05) is 12.2 Å². The van der Waals surface area contributed by atoms with E-state index in [1.165, 1.54) is 6.92 Å². The number of hydrogen-bond acceptors (Lipinski definition) is 3. The van der Waals surface area contributed by atoms with Gasteiger partial charge in [-0.05, 0) is 26.1 Å². The molecule has 0 fully saturated rings. The van der Waals surface area contributed by atoms with E-state index in [1.807, 2.05) is 13.8 Å². The molecule has 1 amide bonds. The third-order valence-corrected chi connectivity index (χ3v) is 2.13. The molecule has 1 rings (SSSR count). The number of ketones is 1. The van der Waals surface area contributed by atoms with E-state index in [0.717, 1.165) is 5.57 Å². The maximum atomic E-state index is 11.7. The predicted octanol–water partition coefficient (Wildman–Crippen LogP) is 2.18. The first-order valence-corrected chi connectivity index (χ1v) is 5.49. The Bertz CT molecular complexity index is 508. The zero-order chi connectivity index (χ0) is 13.7. The van der Waals surface area contributed by atoms with Crippen molar-refractivity contribution in [1.29, 1.82) is 0 Å². The number of Topliss-reactive ketones (excluding diaryl/α,β-unsaturated/α-hetero) is 1. The Morgan fingerprint density at radius 3 is 2.50 bits per heavy atom. The highest BCUT2D eigenvalue weighted by Crippen LogP contribution is 2.10. The summed E-state index contributed by atoms with van der Waals surface area (Å²) in [6.07, 6.45) is 3.25. The van der Waals surface area contributed by atoms with Gasteiger partial charge in [0, 0.05) is 13.1 Å². The SMILES string of the molecule is C=C(NC=C(C)C)C(=O)Nc1c[nH]c(C(C)=O)c1. The van der Waals surface area contributed by atoms with Gasteiger partial charge < -0.3 is 15.6 Å². The molecule has 1 aromatic rings. The zero-order valence-corrected chi connectivity index (χ0v) is 10.8. The van der Waals surface area contributed by atoms with Crippen LogP contribution in [-0.4, -0.2) is 16.7 Å². The van der Waals surface area contributed by atoms with Crippen LogP contribution in [0.3, 0.4) is 0 Å². The predicted molar refractivity (Wildman–Crippen MR) is 71.1 cm³/mol. The van der Waals surface area contributed by atoms with Crippen molar-refractivity contribution < 1.29 is 9.59 Å². The normalized spacial score (nSPS) is 9.50. The van der Waals surface area contributed by atoms with Crippen LogP contribution in [0, 0.1) is 0 Å². The summed E-state index contributed by atoms with van der Waals surface area (Å²) in [6.45, 7) is 8.88. The van der Waals surface area contributed by atoms with Crippen LogP contribution in [0.4, 0.5) is 5.69 Å². The molecular formula is C13H17N3O2. The van der Waals surface area contributed by atoms with E-state index >= 15 is 0 Å². The van der Waals surface area contributed by atoms with Crippen LogP contribution in [0.15, 0.2) is 36.3 Å². The fourth-order valence-corrected chi connectivity index (χ4v) is 1.17. The summed E-state index contributed by atoms with van der Waals surface area (Å²) >= 11 is 0. The summed E-state index contributed by atoms with van der Waals surface area (Å²) in [5, 5.41) is 5.41. The molecular weight excluding hydrogens is 230 g/mol. The van der Waals surface area contributed by atoms with Gasteiger partial charge in [0.2, 0.25) is 0 Å². The lowest BCUT2D eigenvalue weighted by atomic mass is 10.3. The molecule has 5 nitrogen and oxygen atoms in total. The van der Waals surface area contributed by atoms with Gasteiger partial charge in [-0.25, -0.2) is 0 Å². The molecule has 0 unspecified atom stereocenters. The van der Waals surface area contributed by atoms with E-state index in [-0.39, 0.29) is 17.4 Å². The van der Waals surface area contributed by atoms with E-state index in [9.17, 15) is 9.59 Å². The van der Waals surface area contributed by atoms with Gasteiger partial charge in [-0.3, -0.25) is 9.59 Å². The van der Waals surface area contributed by atoms with Gasteiger partial charge in [0.15, 0.2) is 5.78 Å². The number of allylic oxidation sites excluding steroid dienone is 1. The molecule has 0 saturated carbocycles. The Labute approximate surface area is 106 Å². The molecule has 0 aliphatic rings.